The van der Waals surface area contributed by atoms with E-state index in [1.807, 2.05) is 31.3 Å². The number of ether oxygens (including phenoxy) is 2. The molecular formula is C16H24N2O3. The van der Waals surface area contributed by atoms with Crippen molar-refractivity contribution < 1.29 is 14.3 Å². The lowest BCUT2D eigenvalue weighted by Gasteiger charge is -2.23. The highest BCUT2D eigenvalue weighted by Gasteiger charge is 2.31. The predicted octanol–water partition coefficient (Wildman–Crippen LogP) is 1.66. The monoisotopic (exact) mass is 292 g/mol. The number of methoxy groups -OCH3 is 1. The van der Waals surface area contributed by atoms with E-state index in [-0.39, 0.29) is 17.9 Å². The molecule has 21 heavy (non-hydrogen) atoms. The minimum atomic E-state index is -0.0176. The van der Waals surface area contributed by atoms with Crippen LogP contribution in [0.5, 0.6) is 11.5 Å². The number of rotatable bonds is 6. The van der Waals surface area contributed by atoms with Crippen LogP contribution in [0.4, 0.5) is 0 Å². The molecule has 0 bridgehead atoms. The van der Waals surface area contributed by atoms with Crippen molar-refractivity contribution in [3.8, 4) is 11.5 Å². The van der Waals surface area contributed by atoms with Crippen molar-refractivity contribution in [3.05, 3.63) is 24.3 Å². The van der Waals surface area contributed by atoms with E-state index in [9.17, 15) is 4.79 Å². The molecule has 1 aromatic carbocycles. The average molecular weight is 292 g/mol. The molecule has 0 radical (unpaired) electrons. The van der Waals surface area contributed by atoms with Gasteiger partial charge in [-0.1, -0.05) is 6.42 Å². The maximum Gasteiger partial charge on any atom is 0.227 e. The third kappa shape index (κ3) is 4.11. The smallest absolute Gasteiger partial charge is 0.227 e. The number of nitrogens with two attached hydrogens (primary N) is 1. The molecule has 0 spiro atoms. The summed E-state index contributed by atoms with van der Waals surface area (Å²) in [6.45, 7) is 1.03. The molecule has 1 aliphatic rings. The quantitative estimate of drug-likeness (QED) is 0.866. The molecule has 1 aliphatic carbocycles. The highest BCUT2D eigenvalue weighted by atomic mass is 16.5. The molecule has 2 atom stereocenters. The minimum absolute atomic E-state index is 0.0162. The molecule has 0 aromatic heterocycles. The Bertz CT molecular complexity index is 461. The first kappa shape index (κ1) is 15.6. The van der Waals surface area contributed by atoms with E-state index >= 15 is 0 Å². The van der Waals surface area contributed by atoms with Crippen LogP contribution >= 0.6 is 0 Å². The van der Waals surface area contributed by atoms with E-state index in [0.29, 0.717) is 13.2 Å². The molecule has 2 rings (SSSR count). The summed E-state index contributed by atoms with van der Waals surface area (Å²) in [5, 5.41) is 0. The van der Waals surface area contributed by atoms with Crippen molar-refractivity contribution in [2.75, 3.05) is 27.3 Å². The number of hydrogen-bond donors (Lipinski definition) is 1. The molecule has 1 aromatic rings. The van der Waals surface area contributed by atoms with Gasteiger partial charge in [0.1, 0.15) is 18.1 Å². The molecule has 0 saturated heterocycles. The summed E-state index contributed by atoms with van der Waals surface area (Å²) in [6.07, 6.45) is 2.91. The molecular weight excluding hydrogens is 268 g/mol. The lowest BCUT2D eigenvalue weighted by Crippen LogP contribution is -2.41. The van der Waals surface area contributed by atoms with E-state index in [1.54, 1.807) is 12.0 Å². The van der Waals surface area contributed by atoms with Gasteiger partial charge < -0.3 is 20.1 Å². The van der Waals surface area contributed by atoms with E-state index in [0.717, 1.165) is 30.8 Å². The van der Waals surface area contributed by atoms with Gasteiger partial charge in [-0.3, -0.25) is 4.79 Å². The Morgan fingerprint density at radius 2 is 1.95 bits per heavy atom. The van der Waals surface area contributed by atoms with Gasteiger partial charge in [-0.2, -0.15) is 0 Å². The lowest BCUT2D eigenvalue weighted by atomic mass is 10.0. The second-order valence-electron chi connectivity index (χ2n) is 5.49. The van der Waals surface area contributed by atoms with Crippen molar-refractivity contribution in [3.63, 3.8) is 0 Å². The van der Waals surface area contributed by atoms with Crippen LogP contribution in [-0.2, 0) is 4.79 Å². The molecule has 0 heterocycles. The Morgan fingerprint density at radius 3 is 2.52 bits per heavy atom. The third-order valence-corrected chi connectivity index (χ3v) is 4.02. The summed E-state index contributed by atoms with van der Waals surface area (Å²) in [4.78, 5) is 14.0. The number of carbonyl (C=O) groups is 1. The SMILES string of the molecule is COc1ccc(OCCN(C)C(=O)[C@H]2CCC[C@H]2N)cc1. The standard InChI is InChI=1S/C16H24N2O3/c1-18(16(19)14-4-3-5-15(14)17)10-11-21-13-8-6-12(20-2)7-9-13/h6-9,14-15H,3-5,10-11,17H2,1-2H3/t14-,15+/m0/s1. The lowest BCUT2D eigenvalue weighted by molar-refractivity contribution is -0.134. The van der Waals surface area contributed by atoms with Gasteiger partial charge in [0.05, 0.1) is 19.6 Å². The summed E-state index contributed by atoms with van der Waals surface area (Å²) < 4.78 is 10.7. The normalized spacial score (nSPS) is 21.1. The summed E-state index contributed by atoms with van der Waals surface area (Å²) in [5.41, 5.74) is 5.97. The number of hydrogen-bond acceptors (Lipinski definition) is 4. The Balaban J connectivity index is 1.75. The maximum atomic E-state index is 12.3. The zero-order chi connectivity index (χ0) is 15.2. The Hall–Kier alpha value is -1.75. The number of benzene rings is 1. The van der Waals surface area contributed by atoms with Gasteiger partial charge in [0.2, 0.25) is 5.91 Å². The molecule has 5 heteroatoms. The molecule has 2 N–H and O–H groups in total. The first-order valence-electron chi connectivity index (χ1n) is 7.39. The number of carbonyl (C=O) groups excluding carboxylic acids is 1. The van der Waals surface area contributed by atoms with Crippen molar-refractivity contribution in [1.82, 2.24) is 4.90 Å². The fraction of sp³-hybridized carbons (Fsp3) is 0.562. The fourth-order valence-corrected chi connectivity index (χ4v) is 2.66. The number of amides is 1. The molecule has 0 unspecified atom stereocenters. The van der Waals surface area contributed by atoms with Crippen molar-refractivity contribution in [1.29, 1.82) is 0 Å². The van der Waals surface area contributed by atoms with Crippen LogP contribution in [0.1, 0.15) is 19.3 Å². The van der Waals surface area contributed by atoms with Crippen LogP contribution in [0, 0.1) is 5.92 Å². The third-order valence-electron chi connectivity index (χ3n) is 4.02. The van der Waals surface area contributed by atoms with Crippen molar-refractivity contribution in [2.45, 2.75) is 25.3 Å². The van der Waals surface area contributed by atoms with Gasteiger partial charge in [-0.25, -0.2) is 0 Å². The molecule has 5 nitrogen and oxygen atoms in total. The van der Waals surface area contributed by atoms with Gasteiger partial charge in [-0.15, -0.1) is 0 Å². The van der Waals surface area contributed by atoms with Gasteiger partial charge in [-0.05, 0) is 37.1 Å². The topological polar surface area (TPSA) is 64.8 Å². The Labute approximate surface area is 126 Å². The first-order chi connectivity index (χ1) is 10.1. The molecule has 116 valence electrons. The van der Waals surface area contributed by atoms with Crippen LogP contribution in [0.15, 0.2) is 24.3 Å². The summed E-state index contributed by atoms with van der Waals surface area (Å²) >= 11 is 0. The van der Waals surface area contributed by atoms with Crippen molar-refractivity contribution >= 4 is 5.91 Å². The highest BCUT2D eigenvalue weighted by molar-refractivity contribution is 5.79. The average Bonchev–Trinajstić information content (AvgIpc) is 2.93. The van der Waals surface area contributed by atoms with Crippen LogP contribution in [0.3, 0.4) is 0 Å². The zero-order valence-electron chi connectivity index (χ0n) is 12.7. The van der Waals surface area contributed by atoms with E-state index in [4.69, 9.17) is 15.2 Å². The zero-order valence-corrected chi connectivity index (χ0v) is 12.7. The highest BCUT2D eigenvalue weighted by Crippen LogP contribution is 2.25. The first-order valence-corrected chi connectivity index (χ1v) is 7.39. The van der Waals surface area contributed by atoms with Crippen LogP contribution < -0.4 is 15.2 Å². The Kier molecular flexibility index (Phi) is 5.44. The summed E-state index contributed by atoms with van der Waals surface area (Å²) in [7, 11) is 3.44. The van der Waals surface area contributed by atoms with Crippen LogP contribution in [-0.4, -0.2) is 44.2 Å². The van der Waals surface area contributed by atoms with Gasteiger partial charge in [0, 0.05) is 13.1 Å². The van der Waals surface area contributed by atoms with E-state index < -0.39 is 0 Å². The van der Waals surface area contributed by atoms with Crippen LogP contribution in [0.2, 0.25) is 0 Å². The van der Waals surface area contributed by atoms with Crippen molar-refractivity contribution in [2.24, 2.45) is 11.7 Å². The second-order valence-corrected chi connectivity index (χ2v) is 5.49. The number of nitrogens with zero attached hydrogens (tertiary/aromatic N) is 1. The fourth-order valence-electron chi connectivity index (χ4n) is 2.66. The Morgan fingerprint density at radius 1 is 1.29 bits per heavy atom. The van der Waals surface area contributed by atoms with E-state index in [1.165, 1.54) is 0 Å². The molecule has 1 fully saturated rings. The molecule has 1 amide bonds. The second kappa shape index (κ2) is 7.31. The van der Waals surface area contributed by atoms with Gasteiger partial charge in [0.15, 0.2) is 0 Å². The molecule has 0 aliphatic heterocycles. The van der Waals surface area contributed by atoms with E-state index in [2.05, 4.69) is 0 Å². The van der Waals surface area contributed by atoms with Gasteiger partial charge in [0.25, 0.3) is 0 Å². The van der Waals surface area contributed by atoms with Crippen LogP contribution in [0.25, 0.3) is 0 Å². The summed E-state index contributed by atoms with van der Waals surface area (Å²) in [5.74, 6) is 1.69. The largest absolute Gasteiger partial charge is 0.497 e. The minimum Gasteiger partial charge on any atom is -0.497 e. The van der Waals surface area contributed by atoms with Gasteiger partial charge >= 0.3 is 0 Å². The predicted molar refractivity (Wildman–Crippen MR) is 81.4 cm³/mol. The maximum absolute atomic E-state index is 12.3. The number of likely N-dealkylation sites (N-methyl/N-ethyl adjacent to an activating group) is 1. The molecule has 1 saturated carbocycles. The summed E-state index contributed by atoms with van der Waals surface area (Å²) in [6, 6.07) is 7.42.